The number of hydrogen-bond donors (Lipinski definition) is 4. The molecule has 17 heavy (non-hydrogen) atoms. The van der Waals surface area contributed by atoms with Crippen molar-refractivity contribution in [3.8, 4) is 0 Å². The maximum Gasteiger partial charge on any atom is 0.414 e. The van der Waals surface area contributed by atoms with E-state index in [1.165, 1.54) is 6.42 Å². The van der Waals surface area contributed by atoms with Gasteiger partial charge < -0.3 is 10.2 Å². The molecule has 4 N–H and O–H groups in total. The lowest BCUT2D eigenvalue weighted by molar-refractivity contribution is -0.159. The van der Waals surface area contributed by atoms with Crippen LogP contribution in [0.3, 0.4) is 0 Å². The van der Waals surface area contributed by atoms with Crippen molar-refractivity contribution in [2.75, 3.05) is 0 Å². The molecule has 0 bridgehead atoms. The molecule has 0 saturated heterocycles. The molecule has 0 amide bonds. The molecule has 1 fully saturated rings. The summed E-state index contributed by atoms with van der Waals surface area (Å²) in [6, 6.07) is 0.166. The molecular weight excluding hydrogens is 270 g/mol. The Kier molecular flexibility index (Phi) is 7.19. The van der Waals surface area contributed by atoms with E-state index in [-0.39, 0.29) is 6.04 Å². The smallest absolute Gasteiger partial charge is 0.414 e. The quantitative estimate of drug-likeness (QED) is 0.534. The van der Waals surface area contributed by atoms with Crippen LogP contribution < -0.4 is 4.72 Å². The van der Waals surface area contributed by atoms with Crippen LogP contribution in [0.5, 0.6) is 0 Å². The van der Waals surface area contributed by atoms with E-state index in [0.717, 1.165) is 25.7 Å². The van der Waals surface area contributed by atoms with E-state index in [1.807, 2.05) is 0 Å². The van der Waals surface area contributed by atoms with Gasteiger partial charge in [0.15, 0.2) is 0 Å². The first-order valence-electron chi connectivity index (χ1n) is 4.93. The van der Waals surface area contributed by atoms with Crippen molar-refractivity contribution in [2.45, 2.75) is 38.1 Å². The Morgan fingerprint density at radius 3 is 1.82 bits per heavy atom. The first-order chi connectivity index (χ1) is 7.72. The fourth-order valence-electron chi connectivity index (χ4n) is 1.43. The molecule has 1 rings (SSSR count). The molecule has 0 radical (unpaired) electrons. The van der Waals surface area contributed by atoms with E-state index in [2.05, 4.69) is 15.9 Å². The summed E-state index contributed by atoms with van der Waals surface area (Å²) >= 11 is 4.34. The van der Waals surface area contributed by atoms with Crippen molar-refractivity contribution >= 4 is 32.1 Å². The summed E-state index contributed by atoms with van der Waals surface area (Å²) in [6.07, 6.45) is 5.48. The standard InChI is InChI=1S/C6H13NO2S2.C2H2O4/c8-11(9,10)7-6-4-2-1-3-5-6;3-1(4)2(5)6/h6-7H,1-5H2,(H,8,9,10);(H,3,4)(H,5,6). The van der Waals surface area contributed by atoms with Gasteiger partial charge in [-0.15, -0.1) is 0 Å². The molecule has 100 valence electrons. The second-order valence-electron chi connectivity index (χ2n) is 3.54. The molecule has 0 aliphatic heterocycles. The number of aliphatic carboxylic acids is 2. The minimum absolute atomic E-state index is 0.166. The predicted octanol–water partition coefficient (Wildman–Crippen LogP) is 0.199. The molecule has 1 unspecified atom stereocenters. The summed E-state index contributed by atoms with van der Waals surface area (Å²) in [5.41, 5.74) is 0. The van der Waals surface area contributed by atoms with E-state index < -0.39 is 20.9 Å². The van der Waals surface area contributed by atoms with Crippen LogP contribution in [0, 0.1) is 0 Å². The van der Waals surface area contributed by atoms with Gasteiger partial charge in [0.2, 0.25) is 8.96 Å². The monoisotopic (exact) mass is 285 g/mol. The lowest BCUT2D eigenvalue weighted by atomic mass is 9.96. The molecule has 1 saturated carbocycles. The normalized spacial score (nSPS) is 19.6. The van der Waals surface area contributed by atoms with Gasteiger partial charge in [0, 0.05) is 17.2 Å². The van der Waals surface area contributed by atoms with Crippen molar-refractivity contribution in [3.63, 3.8) is 0 Å². The highest BCUT2D eigenvalue weighted by Crippen LogP contribution is 2.17. The molecular formula is C8H15NO6S2. The number of nitrogens with one attached hydrogen (secondary N) is 1. The van der Waals surface area contributed by atoms with E-state index >= 15 is 0 Å². The topological polar surface area (TPSA) is 124 Å². The fraction of sp³-hybridized carbons (Fsp3) is 0.750. The van der Waals surface area contributed by atoms with Crippen LogP contribution in [0.4, 0.5) is 0 Å². The van der Waals surface area contributed by atoms with Crippen LogP contribution >= 0.6 is 0 Å². The van der Waals surface area contributed by atoms with E-state index in [9.17, 15) is 4.21 Å². The Morgan fingerprint density at radius 1 is 1.12 bits per heavy atom. The first-order valence-corrected chi connectivity index (χ1v) is 7.37. The van der Waals surface area contributed by atoms with Gasteiger partial charge in [-0.25, -0.2) is 18.5 Å². The summed E-state index contributed by atoms with van der Waals surface area (Å²) in [6.45, 7) is 0. The van der Waals surface area contributed by atoms with Gasteiger partial charge in [-0.2, -0.15) is 0 Å². The zero-order valence-corrected chi connectivity index (χ0v) is 10.6. The van der Waals surface area contributed by atoms with E-state index in [1.54, 1.807) is 0 Å². The molecule has 1 aliphatic carbocycles. The molecule has 0 aromatic carbocycles. The SMILES string of the molecule is O=C(O)C(=O)O.O=S(O)(=S)NC1CCCCC1. The molecule has 0 aromatic heterocycles. The highest BCUT2D eigenvalue weighted by atomic mass is 32.8. The molecule has 1 aliphatic rings. The maximum atomic E-state index is 10.7. The number of rotatable bonds is 2. The minimum atomic E-state index is -3.14. The Labute approximate surface area is 104 Å². The Morgan fingerprint density at radius 2 is 1.53 bits per heavy atom. The van der Waals surface area contributed by atoms with Crippen molar-refractivity contribution in [2.24, 2.45) is 0 Å². The third-order valence-corrected chi connectivity index (χ3v) is 3.02. The Hall–Kier alpha value is -0.770. The third kappa shape index (κ3) is 10.1. The van der Waals surface area contributed by atoms with Crippen LogP contribution in [-0.2, 0) is 29.7 Å². The van der Waals surface area contributed by atoms with Gasteiger partial charge in [0.1, 0.15) is 0 Å². The lowest BCUT2D eigenvalue weighted by Gasteiger charge is -2.21. The summed E-state index contributed by atoms with van der Waals surface area (Å²) in [5.74, 6) is -3.65. The number of carboxylic acids is 2. The van der Waals surface area contributed by atoms with E-state index in [0.29, 0.717) is 0 Å². The van der Waals surface area contributed by atoms with Crippen LogP contribution in [0.1, 0.15) is 32.1 Å². The van der Waals surface area contributed by atoms with Gasteiger partial charge in [0.25, 0.3) is 0 Å². The highest BCUT2D eigenvalue weighted by Gasteiger charge is 2.15. The molecule has 9 heteroatoms. The van der Waals surface area contributed by atoms with Crippen LogP contribution in [0.2, 0.25) is 0 Å². The van der Waals surface area contributed by atoms with Crippen molar-refractivity contribution < 1.29 is 28.6 Å². The molecule has 0 spiro atoms. The predicted molar refractivity (Wildman–Crippen MR) is 63.4 cm³/mol. The largest absolute Gasteiger partial charge is 0.473 e. The van der Waals surface area contributed by atoms with Crippen molar-refractivity contribution in [3.05, 3.63) is 0 Å². The van der Waals surface area contributed by atoms with Crippen LogP contribution in [0.25, 0.3) is 0 Å². The number of hydrogen-bond acceptors (Lipinski definition) is 4. The summed E-state index contributed by atoms with van der Waals surface area (Å²) in [5, 5.41) is 14.8. The third-order valence-electron chi connectivity index (χ3n) is 2.10. The van der Waals surface area contributed by atoms with Crippen LogP contribution in [0.15, 0.2) is 0 Å². The highest BCUT2D eigenvalue weighted by molar-refractivity contribution is 8.28. The van der Waals surface area contributed by atoms with Gasteiger partial charge in [0.05, 0.1) is 0 Å². The first kappa shape index (κ1) is 16.2. The Bertz CT molecular complexity index is 348. The number of carboxylic acid groups (broad SMARTS) is 2. The van der Waals surface area contributed by atoms with E-state index in [4.69, 9.17) is 24.4 Å². The van der Waals surface area contributed by atoms with Gasteiger partial charge in [-0.3, -0.25) is 4.55 Å². The minimum Gasteiger partial charge on any atom is -0.473 e. The zero-order chi connectivity index (χ0) is 13.5. The summed E-state index contributed by atoms with van der Waals surface area (Å²) in [4.78, 5) is 18.2. The molecule has 1 atom stereocenters. The van der Waals surface area contributed by atoms with Gasteiger partial charge in [-0.1, -0.05) is 19.3 Å². The molecule has 7 nitrogen and oxygen atoms in total. The average Bonchev–Trinajstić information content (AvgIpc) is 2.17. The summed E-state index contributed by atoms with van der Waals surface area (Å²) in [7, 11) is -3.14. The average molecular weight is 285 g/mol. The Balaban J connectivity index is 0.000000366. The zero-order valence-electron chi connectivity index (χ0n) is 9.00. The maximum absolute atomic E-state index is 10.7. The summed E-state index contributed by atoms with van der Waals surface area (Å²) < 4.78 is 22.1. The lowest BCUT2D eigenvalue weighted by Crippen LogP contribution is -2.34. The van der Waals surface area contributed by atoms with Crippen LogP contribution in [-0.4, -0.2) is 37.0 Å². The second-order valence-corrected chi connectivity index (χ2v) is 6.08. The van der Waals surface area contributed by atoms with Gasteiger partial charge in [-0.05, 0) is 12.8 Å². The van der Waals surface area contributed by atoms with Crippen molar-refractivity contribution in [1.82, 2.24) is 4.72 Å². The fourth-order valence-corrected chi connectivity index (χ4v) is 2.50. The van der Waals surface area contributed by atoms with Gasteiger partial charge >= 0.3 is 11.9 Å². The number of carbonyl (C=O) groups is 2. The molecule has 0 aromatic rings. The van der Waals surface area contributed by atoms with Crippen molar-refractivity contribution in [1.29, 1.82) is 0 Å². The second kappa shape index (κ2) is 7.54. The molecule has 0 heterocycles.